The van der Waals surface area contributed by atoms with E-state index >= 15 is 0 Å². The van der Waals surface area contributed by atoms with E-state index in [2.05, 4.69) is 0 Å². The van der Waals surface area contributed by atoms with Gasteiger partial charge in [-0.25, -0.2) is 9.59 Å². The molecule has 1 saturated heterocycles. The minimum atomic E-state index is -0.966. The Morgan fingerprint density at radius 1 is 1.44 bits per heavy atom. The zero-order valence-electron chi connectivity index (χ0n) is 10.7. The molecule has 2 amide bonds. The molecule has 0 spiro atoms. The van der Waals surface area contributed by atoms with Gasteiger partial charge in [0.25, 0.3) is 0 Å². The lowest BCUT2D eigenvalue weighted by atomic mass is 10.2. The fraction of sp³-hybridized carbons (Fsp3) is 0.818. The van der Waals surface area contributed by atoms with Crippen LogP contribution in [0.5, 0.6) is 0 Å². The van der Waals surface area contributed by atoms with Gasteiger partial charge in [0.2, 0.25) is 0 Å². The number of aliphatic hydroxyl groups is 1. The lowest BCUT2D eigenvalue weighted by molar-refractivity contribution is -0.141. The van der Waals surface area contributed by atoms with Crippen molar-refractivity contribution in [2.75, 3.05) is 25.4 Å². The molecule has 2 N–H and O–H groups in total. The lowest BCUT2D eigenvalue weighted by Gasteiger charge is -2.32. The minimum absolute atomic E-state index is 0.0913. The van der Waals surface area contributed by atoms with Gasteiger partial charge in [0.05, 0.1) is 12.0 Å². The van der Waals surface area contributed by atoms with Crippen LogP contribution in [0.2, 0.25) is 0 Å². The summed E-state index contributed by atoms with van der Waals surface area (Å²) in [5.41, 5.74) is 0. The number of carboxylic acid groups (broad SMARTS) is 1. The van der Waals surface area contributed by atoms with E-state index in [1.807, 2.05) is 13.8 Å². The first-order chi connectivity index (χ1) is 8.56. The molecular formula is C11H20N2O4S. The molecular weight excluding hydrogens is 256 g/mol. The Morgan fingerprint density at radius 2 is 2.11 bits per heavy atom. The van der Waals surface area contributed by atoms with E-state index in [0.717, 1.165) is 6.42 Å². The highest BCUT2D eigenvalue weighted by atomic mass is 32.2. The van der Waals surface area contributed by atoms with Gasteiger partial charge in [-0.1, -0.05) is 6.92 Å². The van der Waals surface area contributed by atoms with Crippen LogP contribution in [-0.4, -0.2) is 68.9 Å². The first-order valence-corrected chi connectivity index (χ1v) is 7.14. The highest BCUT2D eigenvalue weighted by Gasteiger charge is 2.42. The molecule has 1 aliphatic rings. The maximum atomic E-state index is 12.3. The summed E-state index contributed by atoms with van der Waals surface area (Å²) in [6, 6.07) is -1.06. The van der Waals surface area contributed by atoms with Gasteiger partial charge >= 0.3 is 12.0 Å². The Balaban J connectivity index is 2.86. The van der Waals surface area contributed by atoms with Crippen LogP contribution in [0.1, 0.15) is 20.3 Å². The molecule has 2 unspecified atom stereocenters. The van der Waals surface area contributed by atoms with Crippen molar-refractivity contribution in [3.8, 4) is 0 Å². The summed E-state index contributed by atoms with van der Waals surface area (Å²) >= 11 is 1.50. The van der Waals surface area contributed by atoms with Crippen molar-refractivity contribution in [1.29, 1.82) is 0 Å². The van der Waals surface area contributed by atoms with Gasteiger partial charge in [-0.05, 0) is 13.3 Å². The van der Waals surface area contributed by atoms with Crippen LogP contribution < -0.4 is 0 Å². The third-order valence-corrected chi connectivity index (χ3v) is 4.42. The summed E-state index contributed by atoms with van der Waals surface area (Å²) in [4.78, 5) is 26.4. The number of amides is 2. The Hall–Kier alpha value is -0.950. The lowest BCUT2D eigenvalue weighted by Crippen LogP contribution is -2.52. The summed E-state index contributed by atoms with van der Waals surface area (Å²) in [7, 11) is 0. The number of carbonyl (C=O) groups excluding carboxylic acids is 1. The summed E-state index contributed by atoms with van der Waals surface area (Å²) in [5, 5.41) is 18.0. The standard InChI is InChI=1S/C11H20N2O4S/c1-3-9-13(8(7-18-9)10(15)16)11(17)12(4-2)5-6-14/h8-9,14H,3-7H2,1-2H3,(H,15,16). The predicted octanol–water partition coefficient (Wildman–Crippen LogP) is 0.659. The van der Waals surface area contributed by atoms with E-state index in [4.69, 9.17) is 10.2 Å². The number of nitrogens with zero attached hydrogens (tertiary/aromatic N) is 2. The fourth-order valence-electron chi connectivity index (χ4n) is 2.00. The van der Waals surface area contributed by atoms with Gasteiger partial charge in [-0.2, -0.15) is 0 Å². The van der Waals surface area contributed by atoms with Crippen LogP contribution in [0.3, 0.4) is 0 Å². The highest BCUT2D eigenvalue weighted by Crippen LogP contribution is 2.32. The molecule has 2 atom stereocenters. The number of aliphatic hydroxyl groups excluding tert-OH is 1. The maximum Gasteiger partial charge on any atom is 0.327 e. The molecule has 1 fully saturated rings. The van der Waals surface area contributed by atoms with Gasteiger partial charge in [0.15, 0.2) is 0 Å². The molecule has 104 valence electrons. The Bertz CT molecular complexity index is 313. The van der Waals surface area contributed by atoms with E-state index < -0.39 is 12.0 Å². The van der Waals surface area contributed by atoms with Crippen molar-refractivity contribution >= 4 is 23.8 Å². The molecule has 0 saturated carbocycles. The number of likely N-dealkylation sites (N-methyl/N-ethyl adjacent to an activating group) is 1. The SMILES string of the molecule is CCC1SCC(C(=O)O)N1C(=O)N(CC)CCO. The molecule has 1 rings (SSSR count). The molecule has 0 aromatic heterocycles. The second kappa shape index (κ2) is 6.84. The first-order valence-electron chi connectivity index (χ1n) is 6.09. The quantitative estimate of drug-likeness (QED) is 0.771. The number of aliphatic carboxylic acids is 1. The number of thioether (sulfide) groups is 1. The second-order valence-corrected chi connectivity index (χ2v) is 5.25. The van der Waals surface area contributed by atoms with Crippen molar-refractivity contribution in [2.45, 2.75) is 31.7 Å². The maximum absolute atomic E-state index is 12.3. The van der Waals surface area contributed by atoms with Crippen LogP contribution in [0.4, 0.5) is 4.79 Å². The topological polar surface area (TPSA) is 81.1 Å². The summed E-state index contributed by atoms with van der Waals surface area (Å²) in [6.45, 7) is 4.33. The Labute approximate surface area is 111 Å². The van der Waals surface area contributed by atoms with E-state index in [9.17, 15) is 9.59 Å². The molecule has 0 aromatic rings. The Morgan fingerprint density at radius 3 is 2.56 bits per heavy atom. The van der Waals surface area contributed by atoms with E-state index in [1.54, 1.807) is 0 Å². The van der Waals surface area contributed by atoms with Crippen molar-refractivity contribution in [3.63, 3.8) is 0 Å². The van der Waals surface area contributed by atoms with Crippen LogP contribution in [0, 0.1) is 0 Å². The first kappa shape index (κ1) is 15.1. The van der Waals surface area contributed by atoms with Crippen molar-refractivity contribution in [3.05, 3.63) is 0 Å². The van der Waals surface area contributed by atoms with Gasteiger partial charge < -0.3 is 15.1 Å². The van der Waals surface area contributed by atoms with Crippen molar-refractivity contribution in [2.24, 2.45) is 0 Å². The highest BCUT2D eigenvalue weighted by molar-refractivity contribution is 8.00. The average Bonchev–Trinajstić information content (AvgIpc) is 2.78. The van der Waals surface area contributed by atoms with Gasteiger partial charge in [-0.3, -0.25) is 4.90 Å². The molecule has 7 heteroatoms. The number of hydrogen-bond donors (Lipinski definition) is 2. The molecule has 0 aliphatic carbocycles. The summed E-state index contributed by atoms with van der Waals surface area (Å²) < 4.78 is 0. The molecule has 0 bridgehead atoms. The van der Waals surface area contributed by atoms with Crippen molar-refractivity contribution in [1.82, 2.24) is 9.80 Å². The summed E-state index contributed by atoms with van der Waals surface area (Å²) in [6.07, 6.45) is 0.719. The smallest absolute Gasteiger partial charge is 0.327 e. The zero-order valence-corrected chi connectivity index (χ0v) is 11.5. The van der Waals surface area contributed by atoms with Crippen LogP contribution in [0.25, 0.3) is 0 Å². The molecule has 0 radical (unpaired) electrons. The van der Waals surface area contributed by atoms with Crippen molar-refractivity contribution < 1.29 is 19.8 Å². The summed E-state index contributed by atoms with van der Waals surface area (Å²) in [5.74, 6) is -0.539. The van der Waals surface area contributed by atoms with Crippen LogP contribution >= 0.6 is 11.8 Å². The van der Waals surface area contributed by atoms with E-state index in [1.165, 1.54) is 21.6 Å². The third-order valence-electron chi connectivity index (χ3n) is 2.97. The Kier molecular flexibility index (Phi) is 5.74. The van der Waals surface area contributed by atoms with Gasteiger partial charge in [0, 0.05) is 18.8 Å². The number of urea groups is 1. The number of carbonyl (C=O) groups is 2. The monoisotopic (exact) mass is 276 g/mol. The normalized spacial score (nSPS) is 23.2. The number of carboxylic acids is 1. The largest absolute Gasteiger partial charge is 0.480 e. The third kappa shape index (κ3) is 3.08. The van der Waals surface area contributed by atoms with Gasteiger partial charge in [-0.15, -0.1) is 11.8 Å². The van der Waals surface area contributed by atoms with Gasteiger partial charge in [0.1, 0.15) is 6.04 Å². The number of rotatable bonds is 5. The van der Waals surface area contributed by atoms with E-state index in [-0.39, 0.29) is 24.6 Å². The molecule has 18 heavy (non-hydrogen) atoms. The average molecular weight is 276 g/mol. The predicted molar refractivity (Wildman–Crippen MR) is 69.5 cm³/mol. The zero-order chi connectivity index (χ0) is 13.7. The van der Waals surface area contributed by atoms with Crippen LogP contribution in [0.15, 0.2) is 0 Å². The molecule has 6 nitrogen and oxygen atoms in total. The second-order valence-electron chi connectivity index (χ2n) is 4.04. The molecule has 1 aliphatic heterocycles. The molecule has 1 heterocycles. The number of hydrogen-bond acceptors (Lipinski definition) is 4. The van der Waals surface area contributed by atoms with E-state index in [0.29, 0.717) is 12.3 Å². The minimum Gasteiger partial charge on any atom is -0.480 e. The molecule has 0 aromatic carbocycles. The van der Waals surface area contributed by atoms with Crippen LogP contribution in [-0.2, 0) is 4.79 Å². The fourth-order valence-corrected chi connectivity index (χ4v) is 3.34.